The van der Waals surface area contributed by atoms with Crippen molar-refractivity contribution in [2.75, 3.05) is 5.84 Å². The topological polar surface area (TPSA) is 78.9 Å². The molecule has 6 nitrogen and oxygen atoms in total. The van der Waals surface area contributed by atoms with E-state index in [9.17, 15) is 0 Å². The molecule has 4 rings (SSSR count). The van der Waals surface area contributed by atoms with Gasteiger partial charge < -0.3 is 10.6 Å². The average molecular weight is 444 g/mol. The Kier molecular flexibility index (Phi) is 6.03. The highest BCUT2D eigenvalue weighted by atomic mass is 35.5. The number of benzene rings is 2. The van der Waals surface area contributed by atoms with E-state index in [1.165, 1.54) is 22.0 Å². The Morgan fingerprint density at radius 1 is 1.10 bits per heavy atom. The van der Waals surface area contributed by atoms with Crippen LogP contribution in [-0.2, 0) is 12.4 Å². The summed E-state index contributed by atoms with van der Waals surface area (Å²) in [4.78, 5) is 4.71. The number of aryl methyl sites for hydroxylation is 1. The lowest BCUT2D eigenvalue weighted by Gasteiger charge is -2.06. The highest BCUT2D eigenvalue weighted by Gasteiger charge is 2.12. The first-order valence-electron chi connectivity index (χ1n) is 8.80. The van der Waals surface area contributed by atoms with E-state index in [4.69, 9.17) is 27.2 Å². The average Bonchev–Trinajstić information content (AvgIpc) is 3.33. The zero-order valence-corrected chi connectivity index (χ0v) is 18.0. The largest absolute Gasteiger partial charge is 0.486 e. The van der Waals surface area contributed by atoms with Crippen LogP contribution in [0.3, 0.4) is 0 Å². The maximum absolute atomic E-state index is 6.12. The number of nitrogens with two attached hydrogens (primary N) is 1. The van der Waals surface area contributed by atoms with Gasteiger partial charge in [-0.2, -0.15) is 0 Å². The minimum absolute atomic E-state index is 0.222. The smallest absolute Gasteiger partial charge is 0.210 e. The van der Waals surface area contributed by atoms with Gasteiger partial charge in [-0.05, 0) is 31.2 Å². The summed E-state index contributed by atoms with van der Waals surface area (Å²) in [6, 6.07) is 15.5. The first kappa shape index (κ1) is 19.8. The maximum Gasteiger partial charge on any atom is 0.210 e. The van der Waals surface area contributed by atoms with Gasteiger partial charge in [0.05, 0.1) is 5.69 Å². The molecule has 0 aliphatic rings. The third kappa shape index (κ3) is 4.90. The molecule has 2 heterocycles. The van der Waals surface area contributed by atoms with Crippen LogP contribution >= 0.6 is 34.7 Å². The van der Waals surface area contributed by atoms with Crippen LogP contribution in [0.5, 0.6) is 5.75 Å². The standard InChI is InChI=1S/C20H18ClN5OS2/c1-13-2-4-14(5-3-13)19-23-16(11-28-19)12-29-20-25-24-18(26(20)22)10-27-17-8-6-15(21)7-9-17/h2-9,11H,10,12,22H2,1H3. The van der Waals surface area contributed by atoms with Crippen molar-refractivity contribution in [3.05, 3.63) is 76.0 Å². The van der Waals surface area contributed by atoms with Crippen molar-refractivity contribution in [3.63, 3.8) is 0 Å². The first-order chi connectivity index (χ1) is 14.1. The molecule has 0 saturated carbocycles. The predicted octanol–water partition coefficient (Wildman–Crippen LogP) is 4.95. The number of aromatic nitrogens is 4. The molecule has 0 bridgehead atoms. The van der Waals surface area contributed by atoms with E-state index in [0.717, 1.165) is 16.3 Å². The second-order valence-corrected chi connectivity index (χ2v) is 8.55. The number of halogens is 1. The number of ether oxygens (including phenoxy) is 1. The van der Waals surface area contributed by atoms with E-state index in [1.54, 1.807) is 35.6 Å². The van der Waals surface area contributed by atoms with Crippen LogP contribution in [0.4, 0.5) is 0 Å². The molecule has 4 aromatic rings. The van der Waals surface area contributed by atoms with E-state index in [2.05, 4.69) is 46.8 Å². The first-order valence-corrected chi connectivity index (χ1v) is 11.0. The Hall–Kier alpha value is -2.55. The summed E-state index contributed by atoms with van der Waals surface area (Å²) >= 11 is 9.00. The predicted molar refractivity (Wildman–Crippen MR) is 118 cm³/mol. The molecule has 0 saturated heterocycles. The van der Waals surface area contributed by atoms with Crippen molar-refractivity contribution in [2.24, 2.45) is 0 Å². The van der Waals surface area contributed by atoms with Gasteiger partial charge in [-0.3, -0.25) is 0 Å². The zero-order chi connectivity index (χ0) is 20.2. The molecule has 0 atom stereocenters. The number of rotatable bonds is 7. The molecule has 0 unspecified atom stereocenters. The third-order valence-corrected chi connectivity index (χ3v) is 6.28. The van der Waals surface area contributed by atoms with E-state index in [1.807, 2.05) is 0 Å². The summed E-state index contributed by atoms with van der Waals surface area (Å²) in [5.41, 5.74) is 3.34. The van der Waals surface area contributed by atoms with Gasteiger partial charge in [0.1, 0.15) is 17.4 Å². The minimum atomic E-state index is 0.222. The summed E-state index contributed by atoms with van der Waals surface area (Å²) in [7, 11) is 0. The van der Waals surface area contributed by atoms with Crippen LogP contribution in [0.1, 0.15) is 17.1 Å². The van der Waals surface area contributed by atoms with Gasteiger partial charge >= 0.3 is 0 Å². The Labute approximate surface area is 181 Å². The van der Waals surface area contributed by atoms with Crippen LogP contribution in [0.15, 0.2) is 59.1 Å². The van der Waals surface area contributed by atoms with Crippen molar-refractivity contribution in [3.8, 4) is 16.3 Å². The number of thioether (sulfide) groups is 1. The highest BCUT2D eigenvalue weighted by Crippen LogP contribution is 2.27. The van der Waals surface area contributed by atoms with Crippen molar-refractivity contribution >= 4 is 34.7 Å². The SMILES string of the molecule is Cc1ccc(-c2nc(CSc3nnc(COc4ccc(Cl)cc4)n3N)cs2)cc1. The van der Waals surface area contributed by atoms with Crippen LogP contribution in [0.2, 0.25) is 5.02 Å². The van der Waals surface area contributed by atoms with Gasteiger partial charge in [-0.15, -0.1) is 21.5 Å². The fourth-order valence-corrected chi connectivity index (χ4v) is 4.35. The van der Waals surface area contributed by atoms with E-state index in [-0.39, 0.29) is 6.61 Å². The summed E-state index contributed by atoms with van der Waals surface area (Å²) in [6.07, 6.45) is 0. The van der Waals surface area contributed by atoms with Gasteiger partial charge in [-0.25, -0.2) is 9.66 Å². The molecular formula is C20H18ClN5OS2. The molecular weight excluding hydrogens is 426 g/mol. The van der Waals surface area contributed by atoms with Crippen LogP contribution in [0, 0.1) is 6.92 Å². The lowest BCUT2D eigenvalue weighted by molar-refractivity contribution is 0.291. The second-order valence-electron chi connectivity index (χ2n) is 6.31. The Bertz CT molecular complexity index is 1090. The zero-order valence-electron chi connectivity index (χ0n) is 15.6. The molecule has 0 spiro atoms. The fourth-order valence-electron chi connectivity index (χ4n) is 2.52. The lowest BCUT2D eigenvalue weighted by atomic mass is 10.2. The van der Waals surface area contributed by atoms with Gasteiger partial charge in [0.2, 0.25) is 5.16 Å². The molecule has 0 aliphatic heterocycles. The van der Waals surface area contributed by atoms with E-state index < -0.39 is 0 Å². The second kappa shape index (κ2) is 8.86. The molecule has 29 heavy (non-hydrogen) atoms. The summed E-state index contributed by atoms with van der Waals surface area (Å²) in [6.45, 7) is 2.30. The van der Waals surface area contributed by atoms with Gasteiger partial charge in [0.15, 0.2) is 5.82 Å². The molecule has 0 amide bonds. The van der Waals surface area contributed by atoms with E-state index >= 15 is 0 Å². The summed E-state index contributed by atoms with van der Waals surface area (Å²) in [5, 5.41) is 12.6. The number of nitrogens with zero attached hydrogens (tertiary/aromatic N) is 4. The fraction of sp³-hybridized carbons (Fsp3) is 0.150. The molecule has 0 radical (unpaired) electrons. The number of thiazole rings is 1. The van der Waals surface area contributed by atoms with Gasteiger partial charge in [0.25, 0.3) is 0 Å². The van der Waals surface area contributed by atoms with Gasteiger partial charge in [0, 0.05) is 21.7 Å². The molecule has 0 aliphatic carbocycles. The number of nitrogen functional groups attached to an aromatic ring is 1. The Morgan fingerprint density at radius 2 is 1.86 bits per heavy atom. The van der Waals surface area contributed by atoms with Crippen LogP contribution in [-0.4, -0.2) is 19.9 Å². The monoisotopic (exact) mass is 443 g/mol. The van der Waals surface area contributed by atoms with Crippen LogP contribution in [0.25, 0.3) is 10.6 Å². The van der Waals surface area contributed by atoms with Gasteiger partial charge in [-0.1, -0.05) is 53.2 Å². The molecule has 9 heteroatoms. The minimum Gasteiger partial charge on any atom is -0.486 e. The number of hydrogen-bond donors (Lipinski definition) is 1. The van der Waals surface area contributed by atoms with Crippen molar-refractivity contribution in [2.45, 2.75) is 24.4 Å². The quantitative estimate of drug-likeness (QED) is 0.321. The summed E-state index contributed by atoms with van der Waals surface area (Å²) in [5.74, 6) is 8.02. The summed E-state index contributed by atoms with van der Waals surface area (Å²) < 4.78 is 7.13. The van der Waals surface area contributed by atoms with Crippen molar-refractivity contribution in [1.29, 1.82) is 0 Å². The van der Waals surface area contributed by atoms with E-state index in [0.29, 0.717) is 27.5 Å². The molecule has 0 fully saturated rings. The Morgan fingerprint density at radius 3 is 2.62 bits per heavy atom. The highest BCUT2D eigenvalue weighted by molar-refractivity contribution is 7.98. The van der Waals surface area contributed by atoms with Crippen molar-refractivity contribution < 1.29 is 4.74 Å². The van der Waals surface area contributed by atoms with Crippen molar-refractivity contribution in [1.82, 2.24) is 19.9 Å². The molecule has 2 aromatic carbocycles. The normalized spacial score (nSPS) is 11.0. The third-order valence-electron chi connectivity index (χ3n) is 4.12. The maximum atomic E-state index is 6.12. The number of hydrogen-bond acceptors (Lipinski definition) is 7. The lowest BCUT2D eigenvalue weighted by Crippen LogP contribution is -2.15. The molecule has 148 valence electrons. The van der Waals surface area contributed by atoms with Crippen LogP contribution < -0.4 is 10.6 Å². The molecule has 2 aromatic heterocycles. The molecule has 2 N–H and O–H groups in total. The Balaban J connectivity index is 1.35.